The first-order valence-corrected chi connectivity index (χ1v) is 5.45. The van der Waals surface area contributed by atoms with Crippen molar-refractivity contribution in [3.05, 3.63) is 0 Å². The first-order chi connectivity index (χ1) is 6.25. The average Bonchev–Trinajstić information content (AvgIpc) is 2.74. The van der Waals surface area contributed by atoms with Gasteiger partial charge in [0.2, 0.25) is 0 Å². The van der Waals surface area contributed by atoms with Crippen LogP contribution in [0.2, 0.25) is 0 Å². The Morgan fingerprint density at radius 1 is 1.31 bits per heavy atom. The lowest BCUT2D eigenvalue weighted by molar-refractivity contribution is 0.167. The van der Waals surface area contributed by atoms with Gasteiger partial charge in [-0.25, -0.2) is 0 Å². The molecule has 0 amide bonds. The number of nitrogens with zero attached hydrogens (tertiary/aromatic N) is 2. The van der Waals surface area contributed by atoms with Crippen molar-refractivity contribution in [1.29, 1.82) is 0 Å². The second-order valence-electron chi connectivity index (χ2n) is 5.04. The van der Waals surface area contributed by atoms with E-state index < -0.39 is 0 Å². The number of hydrogen-bond acceptors (Lipinski definition) is 3. The second-order valence-corrected chi connectivity index (χ2v) is 5.04. The van der Waals surface area contributed by atoms with Crippen LogP contribution in [0.1, 0.15) is 12.8 Å². The summed E-state index contributed by atoms with van der Waals surface area (Å²) in [4.78, 5) is 5.12. The third-order valence-electron chi connectivity index (χ3n) is 4.24. The van der Waals surface area contributed by atoms with Crippen molar-refractivity contribution in [3.63, 3.8) is 0 Å². The molecule has 4 aliphatic rings. The topological polar surface area (TPSA) is 32.5 Å². The lowest BCUT2D eigenvalue weighted by Gasteiger charge is -2.35. The Kier molecular flexibility index (Phi) is 1.70. The summed E-state index contributed by atoms with van der Waals surface area (Å²) in [5, 5.41) is 0. The number of likely N-dealkylation sites (N-methyl/N-ethyl adjacent to an activating group) is 1. The molecule has 4 unspecified atom stereocenters. The van der Waals surface area contributed by atoms with E-state index in [1.807, 2.05) is 0 Å². The number of hydrogen-bond donors (Lipinski definition) is 1. The predicted molar refractivity (Wildman–Crippen MR) is 52.5 cm³/mol. The van der Waals surface area contributed by atoms with Crippen LogP contribution in [0.15, 0.2) is 0 Å². The summed E-state index contributed by atoms with van der Waals surface area (Å²) in [6, 6.07) is 2.06. The average molecular weight is 181 g/mol. The second kappa shape index (κ2) is 2.69. The largest absolute Gasteiger partial charge is 0.326 e. The van der Waals surface area contributed by atoms with E-state index >= 15 is 0 Å². The third-order valence-corrected chi connectivity index (χ3v) is 4.24. The van der Waals surface area contributed by atoms with Crippen LogP contribution in [0.5, 0.6) is 0 Å². The molecule has 4 atom stereocenters. The van der Waals surface area contributed by atoms with Gasteiger partial charge in [0.15, 0.2) is 0 Å². The minimum absolute atomic E-state index is 0.505. The highest BCUT2D eigenvalue weighted by molar-refractivity contribution is 5.09. The molecule has 4 rings (SSSR count). The monoisotopic (exact) mass is 181 g/mol. The van der Waals surface area contributed by atoms with E-state index in [4.69, 9.17) is 5.73 Å². The first-order valence-electron chi connectivity index (χ1n) is 5.45. The van der Waals surface area contributed by atoms with Gasteiger partial charge >= 0.3 is 0 Å². The van der Waals surface area contributed by atoms with Crippen molar-refractivity contribution >= 4 is 0 Å². The van der Waals surface area contributed by atoms with Crippen molar-refractivity contribution in [2.75, 3.05) is 26.7 Å². The SMILES string of the molecule is CN1CCC(N2CC3CC2C3N)C1. The molecule has 1 aliphatic carbocycles. The lowest BCUT2D eigenvalue weighted by atomic mass is 9.81. The Morgan fingerprint density at radius 3 is 2.62 bits per heavy atom. The summed E-state index contributed by atoms with van der Waals surface area (Å²) in [5.41, 5.74) is 6.07. The van der Waals surface area contributed by atoms with Crippen LogP contribution in [0.4, 0.5) is 0 Å². The van der Waals surface area contributed by atoms with Gasteiger partial charge in [0.25, 0.3) is 0 Å². The molecule has 3 saturated heterocycles. The normalized spacial score (nSPS) is 51.2. The van der Waals surface area contributed by atoms with Crippen molar-refractivity contribution in [3.8, 4) is 0 Å². The van der Waals surface area contributed by atoms with Gasteiger partial charge in [-0.15, -0.1) is 0 Å². The lowest BCUT2D eigenvalue weighted by Crippen LogP contribution is -2.51. The summed E-state index contributed by atoms with van der Waals surface area (Å²) in [6.07, 6.45) is 2.73. The van der Waals surface area contributed by atoms with Gasteiger partial charge in [0.1, 0.15) is 0 Å². The van der Waals surface area contributed by atoms with Gasteiger partial charge in [0, 0.05) is 31.2 Å². The molecule has 0 radical (unpaired) electrons. The predicted octanol–water partition coefficient (Wildman–Crippen LogP) is -0.278. The van der Waals surface area contributed by atoms with Gasteiger partial charge < -0.3 is 10.6 Å². The maximum Gasteiger partial charge on any atom is 0.0257 e. The quantitative estimate of drug-likeness (QED) is 0.604. The Hall–Kier alpha value is -0.120. The summed E-state index contributed by atoms with van der Waals surface area (Å²) in [6.45, 7) is 3.81. The summed E-state index contributed by atoms with van der Waals surface area (Å²) >= 11 is 0. The van der Waals surface area contributed by atoms with E-state index in [1.165, 1.54) is 32.5 Å². The zero-order valence-corrected chi connectivity index (χ0v) is 8.32. The van der Waals surface area contributed by atoms with Crippen LogP contribution in [0.25, 0.3) is 0 Å². The molecule has 4 fully saturated rings. The van der Waals surface area contributed by atoms with Gasteiger partial charge in [-0.2, -0.15) is 0 Å². The van der Waals surface area contributed by atoms with Crippen molar-refractivity contribution in [2.24, 2.45) is 11.7 Å². The van der Waals surface area contributed by atoms with E-state index in [1.54, 1.807) is 0 Å². The molecule has 1 saturated carbocycles. The summed E-state index contributed by atoms with van der Waals surface area (Å²) in [5.74, 6) is 0.830. The molecule has 0 spiro atoms. The summed E-state index contributed by atoms with van der Waals surface area (Å²) in [7, 11) is 2.22. The zero-order chi connectivity index (χ0) is 9.00. The molecule has 74 valence electrons. The Labute approximate surface area is 79.9 Å². The fourth-order valence-electron chi connectivity index (χ4n) is 3.30. The Morgan fingerprint density at radius 2 is 2.15 bits per heavy atom. The Balaban J connectivity index is 1.67. The fourth-order valence-corrected chi connectivity index (χ4v) is 3.30. The van der Waals surface area contributed by atoms with Crippen molar-refractivity contribution in [2.45, 2.75) is 31.0 Å². The minimum Gasteiger partial charge on any atom is -0.326 e. The van der Waals surface area contributed by atoms with Gasteiger partial charge in [-0.05, 0) is 32.4 Å². The molecule has 3 aliphatic heterocycles. The molecular weight excluding hydrogens is 162 g/mol. The highest BCUT2D eigenvalue weighted by Gasteiger charge is 2.52. The molecule has 3 heteroatoms. The number of likely N-dealkylation sites (tertiary alicyclic amines) is 1. The molecule has 0 aromatic heterocycles. The molecule has 0 aromatic carbocycles. The summed E-state index contributed by atoms with van der Waals surface area (Å²) < 4.78 is 0. The number of nitrogens with two attached hydrogens (primary N) is 1. The van der Waals surface area contributed by atoms with Crippen LogP contribution in [0.3, 0.4) is 0 Å². The fraction of sp³-hybridized carbons (Fsp3) is 1.00. The standard InChI is InChI=1S/C10H19N3/c1-12-3-2-8(6-12)13-5-7-4-9(13)10(7)11/h7-10H,2-6,11H2,1H3. The van der Waals surface area contributed by atoms with E-state index in [2.05, 4.69) is 16.8 Å². The molecule has 2 bridgehead atoms. The van der Waals surface area contributed by atoms with Crippen LogP contribution in [0, 0.1) is 5.92 Å². The molecule has 3 heterocycles. The maximum absolute atomic E-state index is 6.07. The zero-order valence-electron chi connectivity index (χ0n) is 8.32. The maximum atomic E-state index is 6.07. The van der Waals surface area contributed by atoms with E-state index in [0.29, 0.717) is 6.04 Å². The van der Waals surface area contributed by atoms with Gasteiger partial charge in [0.05, 0.1) is 0 Å². The third kappa shape index (κ3) is 1.07. The molecule has 13 heavy (non-hydrogen) atoms. The van der Waals surface area contributed by atoms with E-state index in [9.17, 15) is 0 Å². The van der Waals surface area contributed by atoms with Crippen LogP contribution in [-0.2, 0) is 0 Å². The molecule has 3 nitrogen and oxygen atoms in total. The van der Waals surface area contributed by atoms with E-state index in [0.717, 1.165) is 18.0 Å². The van der Waals surface area contributed by atoms with E-state index in [-0.39, 0.29) is 0 Å². The first kappa shape index (κ1) is 8.21. The van der Waals surface area contributed by atoms with Gasteiger partial charge in [-0.1, -0.05) is 0 Å². The minimum atomic E-state index is 0.505. The van der Waals surface area contributed by atoms with Crippen molar-refractivity contribution < 1.29 is 0 Å². The smallest absolute Gasteiger partial charge is 0.0257 e. The highest BCUT2D eigenvalue weighted by Crippen LogP contribution is 2.41. The van der Waals surface area contributed by atoms with Crippen LogP contribution in [-0.4, -0.2) is 54.6 Å². The van der Waals surface area contributed by atoms with Gasteiger partial charge in [-0.3, -0.25) is 4.90 Å². The Bertz CT molecular complexity index is 218. The molecule has 2 N–H and O–H groups in total. The number of fused-ring (bicyclic) bond motifs is 1. The number of rotatable bonds is 1. The van der Waals surface area contributed by atoms with Crippen LogP contribution < -0.4 is 5.73 Å². The highest BCUT2D eigenvalue weighted by atomic mass is 15.3. The van der Waals surface area contributed by atoms with Crippen LogP contribution >= 0.6 is 0 Å². The molecule has 0 aromatic rings. The van der Waals surface area contributed by atoms with Crippen molar-refractivity contribution in [1.82, 2.24) is 9.80 Å². The molecular formula is C10H19N3.